The molecule has 8 nitrogen and oxygen atoms in total. The quantitative estimate of drug-likeness (QED) is 0.150. The first-order valence-corrected chi connectivity index (χ1v) is 12.7. The average Bonchev–Trinajstić information content (AvgIpc) is 2.88. The number of benzene rings is 3. The number of rotatable bonds is 7. The van der Waals surface area contributed by atoms with Gasteiger partial charge in [-0.1, -0.05) is 41.9 Å². The Morgan fingerprint density at radius 2 is 1.79 bits per heavy atom. The number of methoxy groups -OCH3 is 2. The van der Waals surface area contributed by atoms with Crippen LogP contribution in [-0.4, -0.2) is 36.1 Å². The summed E-state index contributed by atoms with van der Waals surface area (Å²) in [7, 11) is 3.12. The van der Waals surface area contributed by atoms with Crippen LogP contribution in [0.15, 0.2) is 62.9 Å². The number of halogens is 1. The number of ether oxygens (including phenoxy) is 3. The number of nitrogens with zero attached hydrogens (tertiary/aromatic N) is 3. The van der Waals surface area contributed by atoms with E-state index in [1.54, 1.807) is 37.4 Å². The SMILES string of the molecule is COc1cc(C)c(-c2nc3ccccc3c(=O)n2N=Cc2cc(Br)cc(OC)c2OC(C)=O)cc1C(C)C. The molecule has 0 fully saturated rings. The number of carbonyl (C=O) groups is 1. The molecule has 0 spiro atoms. The van der Waals surface area contributed by atoms with Gasteiger partial charge < -0.3 is 14.2 Å². The summed E-state index contributed by atoms with van der Waals surface area (Å²) in [6, 6.07) is 14.5. The van der Waals surface area contributed by atoms with Crippen LogP contribution in [0.5, 0.6) is 17.2 Å². The maximum atomic E-state index is 13.7. The molecule has 0 amide bonds. The van der Waals surface area contributed by atoms with Crippen LogP contribution in [0.25, 0.3) is 22.3 Å². The normalized spacial score (nSPS) is 11.4. The van der Waals surface area contributed by atoms with Crippen LogP contribution in [0.1, 0.15) is 43.4 Å². The van der Waals surface area contributed by atoms with Gasteiger partial charge in [-0.05, 0) is 60.4 Å². The molecular formula is C29H28BrN3O5. The molecule has 0 bridgehead atoms. The molecule has 38 heavy (non-hydrogen) atoms. The van der Waals surface area contributed by atoms with Crippen molar-refractivity contribution in [1.82, 2.24) is 9.66 Å². The van der Waals surface area contributed by atoms with Gasteiger partial charge in [0.25, 0.3) is 5.56 Å². The highest BCUT2D eigenvalue weighted by Crippen LogP contribution is 2.35. The molecular weight excluding hydrogens is 550 g/mol. The fraction of sp³-hybridized carbons (Fsp3) is 0.241. The molecule has 1 heterocycles. The van der Waals surface area contributed by atoms with Gasteiger partial charge in [0.1, 0.15) is 5.75 Å². The number of aryl methyl sites for hydroxylation is 1. The Hall–Kier alpha value is -3.98. The van der Waals surface area contributed by atoms with E-state index in [1.807, 2.05) is 25.1 Å². The van der Waals surface area contributed by atoms with Crippen LogP contribution in [0.3, 0.4) is 0 Å². The van der Waals surface area contributed by atoms with Gasteiger partial charge in [-0.25, -0.2) is 4.98 Å². The summed E-state index contributed by atoms with van der Waals surface area (Å²) in [5.41, 5.74) is 3.28. The molecule has 196 valence electrons. The lowest BCUT2D eigenvalue weighted by molar-refractivity contribution is -0.132. The predicted octanol–water partition coefficient (Wildman–Crippen LogP) is 6.08. The average molecular weight is 578 g/mol. The number of aromatic nitrogens is 2. The molecule has 0 aliphatic heterocycles. The molecule has 9 heteroatoms. The van der Waals surface area contributed by atoms with Crippen molar-refractivity contribution < 1.29 is 19.0 Å². The number of para-hydroxylation sites is 1. The summed E-state index contributed by atoms with van der Waals surface area (Å²) in [5.74, 6) is 1.34. The van der Waals surface area contributed by atoms with E-state index in [1.165, 1.54) is 24.9 Å². The van der Waals surface area contributed by atoms with Crippen molar-refractivity contribution in [1.29, 1.82) is 0 Å². The van der Waals surface area contributed by atoms with E-state index in [-0.39, 0.29) is 17.2 Å². The smallest absolute Gasteiger partial charge is 0.308 e. The highest BCUT2D eigenvalue weighted by Gasteiger charge is 2.19. The van der Waals surface area contributed by atoms with Crippen molar-refractivity contribution in [3.63, 3.8) is 0 Å². The van der Waals surface area contributed by atoms with Crippen molar-refractivity contribution in [3.8, 4) is 28.6 Å². The number of fused-ring (bicyclic) bond motifs is 1. The van der Waals surface area contributed by atoms with E-state index in [0.717, 1.165) is 22.4 Å². The first-order chi connectivity index (χ1) is 18.1. The van der Waals surface area contributed by atoms with Crippen LogP contribution in [0.4, 0.5) is 0 Å². The van der Waals surface area contributed by atoms with Gasteiger partial charge in [0, 0.05) is 22.5 Å². The lowest BCUT2D eigenvalue weighted by Gasteiger charge is -2.17. The summed E-state index contributed by atoms with van der Waals surface area (Å²) < 4.78 is 18.4. The molecule has 3 aromatic carbocycles. The zero-order chi connectivity index (χ0) is 27.6. The summed E-state index contributed by atoms with van der Waals surface area (Å²) in [6.07, 6.45) is 1.45. The monoisotopic (exact) mass is 577 g/mol. The van der Waals surface area contributed by atoms with Crippen LogP contribution in [0.2, 0.25) is 0 Å². The fourth-order valence-corrected chi connectivity index (χ4v) is 4.64. The van der Waals surface area contributed by atoms with E-state index >= 15 is 0 Å². The van der Waals surface area contributed by atoms with Gasteiger partial charge in [-0.2, -0.15) is 9.78 Å². The number of esters is 1. The second kappa shape index (κ2) is 11.2. The minimum absolute atomic E-state index is 0.175. The third-order valence-electron chi connectivity index (χ3n) is 6.02. The Bertz CT molecular complexity index is 1630. The molecule has 1 aromatic heterocycles. The maximum absolute atomic E-state index is 13.7. The van der Waals surface area contributed by atoms with E-state index in [4.69, 9.17) is 19.2 Å². The van der Waals surface area contributed by atoms with Gasteiger partial charge >= 0.3 is 5.97 Å². The van der Waals surface area contributed by atoms with Crippen LogP contribution in [0, 0.1) is 6.92 Å². The fourth-order valence-electron chi connectivity index (χ4n) is 4.18. The minimum atomic E-state index is -0.513. The molecule has 0 saturated heterocycles. The van der Waals surface area contributed by atoms with Gasteiger partial charge in [0.05, 0.1) is 31.3 Å². The van der Waals surface area contributed by atoms with Crippen molar-refractivity contribution in [3.05, 3.63) is 80.0 Å². The van der Waals surface area contributed by atoms with E-state index in [2.05, 4.69) is 34.9 Å². The molecule has 0 unspecified atom stereocenters. The molecule has 0 atom stereocenters. The highest BCUT2D eigenvalue weighted by atomic mass is 79.9. The summed E-state index contributed by atoms with van der Waals surface area (Å²) in [5, 5.41) is 4.99. The Balaban J connectivity index is 2.01. The van der Waals surface area contributed by atoms with Crippen molar-refractivity contribution >= 4 is 39.0 Å². The Morgan fingerprint density at radius 3 is 2.45 bits per heavy atom. The Kier molecular flexibility index (Phi) is 7.97. The minimum Gasteiger partial charge on any atom is -0.496 e. The molecule has 0 saturated carbocycles. The molecule has 0 aliphatic carbocycles. The third-order valence-corrected chi connectivity index (χ3v) is 6.48. The maximum Gasteiger partial charge on any atom is 0.308 e. The van der Waals surface area contributed by atoms with Crippen LogP contribution in [-0.2, 0) is 4.79 Å². The molecule has 0 radical (unpaired) electrons. The molecule has 0 aliphatic rings. The van der Waals surface area contributed by atoms with Crippen LogP contribution >= 0.6 is 15.9 Å². The topological polar surface area (TPSA) is 92.0 Å². The zero-order valence-corrected chi connectivity index (χ0v) is 23.6. The van der Waals surface area contributed by atoms with Gasteiger partial charge in [-0.3, -0.25) is 9.59 Å². The summed E-state index contributed by atoms with van der Waals surface area (Å²) in [4.78, 5) is 30.4. The molecule has 4 rings (SSSR count). The van der Waals surface area contributed by atoms with E-state index in [0.29, 0.717) is 32.5 Å². The largest absolute Gasteiger partial charge is 0.496 e. The highest BCUT2D eigenvalue weighted by molar-refractivity contribution is 9.10. The third kappa shape index (κ3) is 5.33. The predicted molar refractivity (Wildman–Crippen MR) is 152 cm³/mol. The van der Waals surface area contributed by atoms with Crippen molar-refractivity contribution in [2.24, 2.45) is 5.10 Å². The Morgan fingerprint density at radius 1 is 1.08 bits per heavy atom. The van der Waals surface area contributed by atoms with Crippen molar-refractivity contribution in [2.75, 3.05) is 14.2 Å². The standard InChI is InChI=1S/C29H28BrN3O5/c1-16(2)22-14-23(17(3)11-25(22)36-5)28-32-24-10-8-7-9-21(24)29(35)33(28)31-15-19-12-20(30)13-26(37-6)27(19)38-18(4)34/h7-16H,1-6H3. The first-order valence-electron chi connectivity index (χ1n) is 12.0. The van der Waals surface area contributed by atoms with Crippen molar-refractivity contribution in [2.45, 2.75) is 33.6 Å². The lowest BCUT2D eigenvalue weighted by Crippen LogP contribution is -2.21. The molecule has 0 N–H and O–H groups in total. The molecule has 4 aromatic rings. The van der Waals surface area contributed by atoms with Crippen LogP contribution < -0.4 is 19.8 Å². The number of carbonyl (C=O) groups excluding carboxylic acids is 1. The van der Waals surface area contributed by atoms with Gasteiger partial charge in [-0.15, -0.1) is 0 Å². The summed E-state index contributed by atoms with van der Waals surface area (Å²) in [6.45, 7) is 7.40. The first kappa shape index (κ1) is 27.1. The second-order valence-corrected chi connectivity index (χ2v) is 9.91. The number of hydrogen-bond donors (Lipinski definition) is 0. The Labute approximate surface area is 229 Å². The summed E-state index contributed by atoms with van der Waals surface area (Å²) >= 11 is 3.45. The lowest BCUT2D eigenvalue weighted by atomic mass is 9.96. The van der Waals surface area contributed by atoms with E-state index in [9.17, 15) is 9.59 Å². The number of hydrogen-bond acceptors (Lipinski definition) is 7. The van der Waals surface area contributed by atoms with Gasteiger partial charge in [0.2, 0.25) is 0 Å². The second-order valence-electron chi connectivity index (χ2n) is 9.00. The van der Waals surface area contributed by atoms with Gasteiger partial charge in [0.15, 0.2) is 17.3 Å². The van der Waals surface area contributed by atoms with E-state index < -0.39 is 5.97 Å². The zero-order valence-electron chi connectivity index (χ0n) is 22.0.